The number of halogens is 1. The van der Waals surface area contributed by atoms with Crippen LogP contribution in [0.2, 0.25) is 0 Å². The van der Waals surface area contributed by atoms with Crippen LogP contribution in [0, 0.1) is 12.7 Å². The van der Waals surface area contributed by atoms with Crippen LogP contribution < -0.4 is 10.1 Å². The lowest BCUT2D eigenvalue weighted by molar-refractivity contribution is 0.103. The van der Waals surface area contributed by atoms with E-state index in [0.717, 1.165) is 21.5 Å². The molecule has 0 aliphatic carbocycles. The number of rotatable bonds is 5. The Labute approximate surface area is 165 Å². The number of methoxy groups -OCH3 is 1. The zero-order chi connectivity index (χ0) is 19.7. The van der Waals surface area contributed by atoms with Crippen LogP contribution in [0.5, 0.6) is 5.75 Å². The molecule has 2 heterocycles. The zero-order valence-corrected chi connectivity index (χ0v) is 16.2. The van der Waals surface area contributed by atoms with Crippen LogP contribution in [0.4, 0.5) is 10.1 Å². The molecule has 1 amide bonds. The summed E-state index contributed by atoms with van der Waals surface area (Å²) < 4.78 is 20.7. The van der Waals surface area contributed by atoms with Crippen LogP contribution in [0.25, 0.3) is 10.2 Å². The average molecular weight is 395 g/mol. The zero-order valence-electron chi connectivity index (χ0n) is 15.4. The van der Waals surface area contributed by atoms with Gasteiger partial charge in [0.2, 0.25) is 0 Å². The Morgan fingerprint density at radius 1 is 1.21 bits per heavy atom. The Morgan fingerprint density at radius 3 is 2.71 bits per heavy atom. The van der Waals surface area contributed by atoms with Crippen LogP contribution in [-0.4, -0.2) is 22.8 Å². The summed E-state index contributed by atoms with van der Waals surface area (Å²) in [5.74, 6) is -0.668. The van der Waals surface area contributed by atoms with Crippen molar-refractivity contribution in [1.82, 2.24) is 9.78 Å². The molecule has 4 aromatic rings. The van der Waals surface area contributed by atoms with Gasteiger partial charge in [0.05, 0.1) is 24.2 Å². The van der Waals surface area contributed by atoms with Gasteiger partial charge in [-0.1, -0.05) is 30.3 Å². The first-order chi connectivity index (χ1) is 13.5. The van der Waals surface area contributed by atoms with E-state index >= 15 is 0 Å². The maximum atomic E-state index is 13.8. The molecule has 0 bridgehead atoms. The molecule has 0 atom stereocenters. The van der Waals surface area contributed by atoms with E-state index in [4.69, 9.17) is 4.74 Å². The number of ether oxygens (including phenoxy) is 1. The van der Waals surface area contributed by atoms with Gasteiger partial charge >= 0.3 is 0 Å². The van der Waals surface area contributed by atoms with Crippen molar-refractivity contribution < 1.29 is 13.9 Å². The predicted octanol–water partition coefficient (Wildman–Crippen LogP) is 4.85. The highest BCUT2D eigenvalue weighted by atomic mass is 32.1. The van der Waals surface area contributed by atoms with Gasteiger partial charge in [0, 0.05) is 17.1 Å². The van der Waals surface area contributed by atoms with Gasteiger partial charge in [0.1, 0.15) is 4.83 Å². The Morgan fingerprint density at radius 2 is 2.00 bits per heavy atom. The van der Waals surface area contributed by atoms with E-state index in [2.05, 4.69) is 10.4 Å². The number of carbonyl (C=O) groups excluding carboxylic acids is 1. The fourth-order valence-corrected chi connectivity index (χ4v) is 4.08. The van der Waals surface area contributed by atoms with E-state index in [1.54, 1.807) is 6.07 Å². The van der Waals surface area contributed by atoms with Crippen LogP contribution in [-0.2, 0) is 6.54 Å². The fourth-order valence-electron chi connectivity index (χ4n) is 3.02. The number of carbonyl (C=O) groups is 1. The van der Waals surface area contributed by atoms with Gasteiger partial charge in [-0.15, -0.1) is 11.3 Å². The highest BCUT2D eigenvalue weighted by Crippen LogP contribution is 2.30. The second kappa shape index (κ2) is 7.44. The normalized spacial score (nSPS) is 11.0. The number of nitrogens with one attached hydrogen (secondary N) is 1. The topological polar surface area (TPSA) is 56.1 Å². The molecular formula is C21H18FN3O2S. The van der Waals surface area contributed by atoms with Gasteiger partial charge in [-0.2, -0.15) is 5.10 Å². The van der Waals surface area contributed by atoms with Gasteiger partial charge in [-0.25, -0.2) is 4.39 Å². The number of aromatic nitrogens is 2. The molecule has 1 N–H and O–H groups in total. The lowest BCUT2D eigenvalue weighted by atomic mass is 10.2. The number of anilines is 1. The van der Waals surface area contributed by atoms with E-state index in [0.29, 0.717) is 17.1 Å². The van der Waals surface area contributed by atoms with Crippen LogP contribution in [0.3, 0.4) is 0 Å². The van der Waals surface area contributed by atoms with Crippen molar-refractivity contribution in [1.29, 1.82) is 0 Å². The molecule has 4 rings (SSSR count). The molecule has 0 fully saturated rings. The molecule has 7 heteroatoms. The number of amides is 1. The quantitative estimate of drug-likeness (QED) is 0.525. The van der Waals surface area contributed by atoms with E-state index in [1.165, 1.54) is 30.6 Å². The Hall–Kier alpha value is -3.19. The molecule has 0 saturated heterocycles. The first-order valence-corrected chi connectivity index (χ1v) is 9.52. The van der Waals surface area contributed by atoms with Crippen molar-refractivity contribution in [2.75, 3.05) is 12.4 Å². The number of aryl methyl sites for hydroxylation is 1. The number of hydrogen-bond acceptors (Lipinski definition) is 4. The third-order valence-corrected chi connectivity index (χ3v) is 5.56. The van der Waals surface area contributed by atoms with E-state index in [1.807, 2.05) is 48.0 Å². The molecule has 2 aromatic heterocycles. The maximum Gasteiger partial charge on any atom is 0.265 e. The van der Waals surface area contributed by atoms with E-state index < -0.39 is 5.82 Å². The Bertz CT molecular complexity index is 1150. The summed E-state index contributed by atoms with van der Waals surface area (Å²) in [5.41, 5.74) is 2.39. The molecule has 0 spiro atoms. The Kier molecular flexibility index (Phi) is 4.83. The molecule has 5 nitrogen and oxygen atoms in total. The van der Waals surface area contributed by atoms with Crippen molar-refractivity contribution in [2.24, 2.45) is 0 Å². The van der Waals surface area contributed by atoms with Gasteiger partial charge in [0.25, 0.3) is 5.91 Å². The van der Waals surface area contributed by atoms with Crippen molar-refractivity contribution in [3.05, 3.63) is 76.5 Å². The maximum absolute atomic E-state index is 13.8. The van der Waals surface area contributed by atoms with Crippen molar-refractivity contribution >= 4 is 33.1 Å². The fraction of sp³-hybridized carbons (Fsp3) is 0.143. The molecule has 0 aliphatic rings. The summed E-state index contributed by atoms with van der Waals surface area (Å²) in [6, 6.07) is 16.2. The highest BCUT2D eigenvalue weighted by Gasteiger charge is 2.17. The van der Waals surface area contributed by atoms with Crippen LogP contribution in [0.1, 0.15) is 20.9 Å². The standard InChI is InChI=1S/C21H18FN3O2S/c1-13-16-11-19(20(26)23-15-8-9-18(27-2)17(22)10-15)28-21(16)25(24-13)12-14-6-4-3-5-7-14/h3-11H,12H2,1-2H3,(H,23,26). The number of benzene rings is 2. The number of fused-ring (bicyclic) bond motifs is 1. The summed E-state index contributed by atoms with van der Waals surface area (Å²) in [4.78, 5) is 14.1. The molecule has 2 aromatic carbocycles. The smallest absolute Gasteiger partial charge is 0.265 e. The lowest BCUT2D eigenvalue weighted by Crippen LogP contribution is -2.10. The van der Waals surface area contributed by atoms with Crippen LogP contribution >= 0.6 is 11.3 Å². The van der Waals surface area contributed by atoms with Crippen molar-refractivity contribution in [3.63, 3.8) is 0 Å². The molecular weight excluding hydrogens is 377 g/mol. The Balaban J connectivity index is 1.60. The first kappa shape index (κ1) is 18.2. The van der Waals surface area contributed by atoms with Gasteiger partial charge in [0.15, 0.2) is 11.6 Å². The minimum atomic E-state index is -0.522. The van der Waals surface area contributed by atoms with E-state index in [-0.39, 0.29) is 11.7 Å². The monoisotopic (exact) mass is 395 g/mol. The van der Waals surface area contributed by atoms with Crippen molar-refractivity contribution in [2.45, 2.75) is 13.5 Å². The third kappa shape index (κ3) is 3.48. The van der Waals surface area contributed by atoms with Crippen LogP contribution in [0.15, 0.2) is 54.6 Å². The number of nitrogens with zero attached hydrogens (tertiary/aromatic N) is 2. The number of hydrogen-bond donors (Lipinski definition) is 1. The first-order valence-electron chi connectivity index (χ1n) is 8.71. The molecule has 0 aliphatic heterocycles. The molecule has 0 saturated carbocycles. The molecule has 142 valence electrons. The van der Waals surface area contributed by atoms with E-state index in [9.17, 15) is 9.18 Å². The second-order valence-electron chi connectivity index (χ2n) is 6.36. The van der Waals surface area contributed by atoms with Gasteiger partial charge in [-0.05, 0) is 30.7 Å². The molecule has 0 unspecified atom stereocenters. The number of thiophene rings is 1. The van der Waals surface area contributed by atoms with Gasteiger partial charge < -0.3 is 10.1 Å². The summed E-state index contributed by atoms with van der Waals surface area (Å²) in [7, 11) is 1.40. The molecule has 28 heavy (non-hydrogen) atoms. The lowest BCUT2D eigenvalue weighted by Gasteiger charge is -2.06. The predicted molar refractivity (Wildman–Crippen MR) is 109 cm³/mol. The molecule has 0 radical (unpaired) electrons. The second-order valence-corrected chi connectivity index (χ2v) is 7.39. The summed E-state index contributed by atoms with van der Waals surface area (Å²) in [6.45, 7) is 2.56. The minimum Gasteiger partial charge on any atom is -0.494 e. The summed E-state index contributed by atoms with van der Waals surface area (Å²) in [5, 5.41) is 8.28. The minimum absolute atomic E-state index is 0.136. The summed E-state index contributed by atoms with van der Waals surface area (Å²) in [6.07, 6.45) is 0. The highest BCUT2D eigenvalue weighted by molar-refractivity contribution is 7.20. The summed E-state index contributed by atoms with van der Waals surface area (Å²) >= 11 is 1.37. The SMILES string of the molecule is COc1ccc(NC(=O)c2cc3c(C)nn(Cc4ccccc4)c3s2)cc1F. The largest absolute Gasteiger partial charge is 0.494 e. The van der Waals surface area contributed by atoms with Crippen molar-refractivity contribution in [3.8, 4) is 5.75 Å². The third-order valence-electron chi connectivity index (χ3n) is 4.42. The average Bonchev–Trinajstić information content (AvgIpc) is 3.24. The van der Waals surface area contributed by atoms with Gasteiger partial charge in [-0.3, -0.25) is 9.48 Å².